The minimum Gasteiger partial charge on any atom is -0.334 e. The van der Waals surface area contributed by atoms with Gasteiger partial charge >= 0.3 is 0 Å². The molecule has 1 N–H and O–H groups in total. The van der Waals surface area contributed by atoms with E-state index in [1.807, 2.05) is 12.4 Å². The van der Waals surface area contributed by atoms with Crippen molar-refractivity contribution < 1.29 is 0 Å². The molecule has 0 amide bonds. The van der Waals surface area contributed by atoms with Crippen LogP contribution in [0.4, 0.5) is 0 Å². The summed E-state index contributed by atoms with van der Waals surface area (Å²) in [7, 11) is 0. The Morgan fingerprint density at radius 2 is 2.33 bits per heavy atom. The molecular weight excluding hydrogens is 206 g/mol. The number of aryl methyl sites for hydroxylation is 1. The first-order valence-corrected chi connectivity index (χ1v) is 6.80. The summed E-state index contributed by atoms with van der Waals surface area (Å²) in [5.41, 5.74) is 0. The summed E-state index contributed by atoms with van der Waals surface area (Å²) < 4.78 is 2.20. The molecule has 0 bridgehead atoms. The fraction of sp³-hybridized carbons (Fsp3) is 0.727. The minimum absolute atomic E-state index is 0.745. The number of nitrogens with zero attached hydrogens (tertiary/aromatic N) is 2. The number of thioether (sulfide) groups is 1. The van der Waals surface area contributed by atoms with Crippen LogP contribution in [-0.2, 0) is 6.54 Å². The number of aromatic nitrogens is 2. The van der Waals surface area contributed by atoms with Crippen LogP contribution in [0.3, 0.4) is 0 Å². The van der Waals surface area contributed by atoms with Crippen molar-refractivity contribution in [1.29, 1.82) is 0 Å². The molecule has 0 saturated carbocycles. The van der Waals surface area contributed by atoms with Crippen molar-refractivity contribution in [3.8, 4) is 0 Å². The third-order valence-electron chi connectivity index (χ3n) is 2.93. The Balaban J connectivity index is 1.68. The fourth-order valence-corrected chi connectivity index (χ4v) is 3.04. The van der Waals surface area contributed by atoms with Gasteiger partial charge < -0.3 is 9.88 Å². The Morgan fingerprint density at radius 3 is 3.00 bits per heavy atom. The molecule has 1 fully saturated rings. The second kappa shape index (κ2) is 5.56. The largest absolute Gasteiger partial charge is 0.334 e. The molecular formula is C11H19N3S. The monoisotopic (exact) mass is 225 g/mol. The van der Waals surface area contributed by atoms with Crippen LogP contribution < -0.4 is 5.32 Å². The number of rotatable bonds is 4. The molecule has 1 saturated heterocycles. The third kappa shape index (κ3) is 3.24. The van der Waals surface area contributed by atoms with Crippen LogP contribution in [0, 0.1) is 6.92 Å². The van der Waals surface area contributed by atoms with Crippen LogP contribution in [0.25, 0.3) is 0 Å². The van der Waals surface area contributed by atoms with Gasteiger partial charge in [0.05, 0.1) is 0 Å². The number of nitrogens with one attached hydrogen (secondary N) is 1. The molecule has 0 unspecified atom stereocenters. The molecule has 3 nitrogen and oxygen atoms in total. The van der Waals surface area contributed by atoms with E-state index in [0.29, 0.717) is 0 Å². The number of imidazole rings is 1. The fourth-order valence-electron chi connectivity index (χ4n) is 1.93. The highest BCUT2D eigenvalue weighted by molar-refractivity contribution is 7.99. The lowest BCUT2D eigenvalue weighted by Crippen LogP contribution is -2.34. The zero-order valence-corrected chi connectivity index (χ0v) is 10.1. The molecule has 2 heterocycles. The van der Waals surface area contributed by atoms with Gasteiger partial charge in [0.15, 0.2) is 0 Å². The number of hydrogen-bond acceptors (Lipinski definition) is 3. The molecule has 84 valence electrons. The topological polar surface area (TPSA) is 29.9 Å². The van der Waals surface area contributed by atoms with Gasteiger partial charge in [-0.25, -0.2) is 4.98 Å². The highest BCUT2D eigenvalue weighted by Gasteiger charge is 2.12. The maximum Gasteiger partial charge on any atom is 0.105 e. The van der Waals surface area contributed by atoms with Gasteiger partial charge in [-0.1, -0.05) is 0 Å². The maximum atomic E-state index is 4.21. The summed E-state index contributed by atoms with van der Waals surface area (Å²) >= 11 is 2.08. The van der Waals surface area contributed by atoms with Crippen LogP contribution >= 0.6 is 11.8 Å². The lowest BCUT2D eigenvalue weighted by Gasteiger charge is -2.22. The molecule has 0 spiro atoms. The first-order valence-electron chi connectivity index (χ1n) is 5.65. The molecule has 15 heavy (non-hydrogen) atoms. The van der Waals surface area contributed by atoms with Gasteiger partial charge in [-0.3, -0.25) is 0 Å². The van der Waals surface area contributed by atoms with Crippen LogP contribution in [-0.4, -0.2) is 33.6 Å². The zero-order chi connectivity index (χ0) is 10.5. The van der Waals surface area contributed by atoms with Crippen molar-refractivity contribution >= 4 is 11.8 Å². The summed E-state index contributed by atoms with van der Waals surface area (Å²) in [6, 6.07) is 0.745. The van der Waals surface area contributed by atoms with Crippen molar-refractivity contribution in [2.75, 3.05) is 18.1 Å². The van der Waals surface area contributed by atoms with Crippen molar-refractivity contribution in [2.45, 2.75) is 32.4 Å². The Bertz CT molecular complexity index is 292. The first kappa shape index (κ1) is 11.0. The molecule has 0 radical (unpaired) electrons. The van der Waals surface area contributed by atoms with E-state index < -0.39 is 0 Å². The lowest BCUT2D eigenvalue weighted by molar-refractivity contribution is 0.462. The average molecular weight is 225 g/mol. The van der Waals surface area contributed by atoms with Gasteiger partial charge in [-0.05, 0) is 31.3 Å². The standard InChI is InChI=1S/C11H19N3S/c1-10-12-4-6-14(10)7-5-13-11-2-8-15-9-3-11/h4,6,11,13H,2-3,5,7-9H2,1H3. The molecule has 4 heteroatoms. The molecule has 1 aliphatic rings. The second-order valence-corrected chi connectivity index (χ2v) is 5.23. The van der Waals surface area contributed by atoms with E-state index in [0.717, 1.165) is 25.0 Å². The summed E-state index contributed by atoms with van der Waals surface area (Å²) in [6.07, 6.45) is 6.57. The van der Waals surface area contributed by atoms with E-state index in [2.05, 4.69) is 33.6 Å². The quantitative estimate of drug-likeness (QED) is 0.845. The second-order valence-electron chi connectivity index (χ2n) is 4.01. The van der Waals surface area contributed by atoms with Gasteiger partial charge in [0.2, 0.25) is 0 Å². The van der Waals surface area contributed by atoms with E-state index in [-0.39, 0.29) is 0 Å². The summed E-state index contributed by atoms with van der Waals surface area (Å²) in [5, 5.41) is 3.63. The SMILES string of the molecule is Cc1nccn1CCNC1CCSCC1. The van der Waals surface area contributed by atoms with E-state index >= 15 is 0 Å². The molecule has 2 rings (SSSR count). The van der Waals surface area contributed by atoms with Gasteiger partial charge in [0.1, 0.15) is 5.82 Å². The average Bonchev–Trinajstić information content (AvgIpc) is 2.66. The Kier molecular flexibility index (Phi) is 4.09. The van der Waals surface area contributed by atoms with E-state index in [9.17, 15) is 0 Å². The molecule has 0 aliphatic carbocycles. The van der Waals surface area contributed by atoms with Gasteiger partial charge in [0.25, 0.3) is 0 Å². The third-order valence-corrected chi connectivity index (χ3v) is 3.98. The van der Waals surface area contributed by atoms with Crippen molar-refractivity contribution in [2.24, 2.45) is 0 Å². The highest BCUT2D eigenvalue weighted by Crippen LogP contribution is 2.16. The first-order chi connectivity index (χ1) is 7.36. The summed E-state index contributed by atoms with van der Waals surface area (Å²) in [4.78, 5) is 4.21. The molecule has 0 aromatic carbocycles. The van der Waals surface area contributed by atoms with E-state index in [1.165, 1.54) is 24.3 Å². The minimum atomic E-state index is 0.745. The van der Waals surface area contributed by atoms with Crippen LogP contribution in [0.5, 0.6) is 0 Å². The molecule has 1 aromatic heterocycles. The zero-order valence-electron chi connectivity index (χ0n) is 9.28. The molecule has 0 atom stereocenters. The van der Waals surface area contributed by atoms with Crippen LogP contribution in [0.1, 0.15) is 18.7 Å². The van der Waals surface area contributed by atoms with Crippen molar-refractivity contribution in [1.82, 2.24) is 14.9 Å². The Labute approximate surface area is 95.7 Å². The predicted molar refractivity (Wildman–Crippen MR) is 65.3 cm³/mol. The summed E-state index contributed by atoms with van der Waals surface area (Å²) in [5.74, 6) is 3.75. The van der Waals surface area contributed by atoms with Crippen molar-refractivity contribution in [3.63, 3.8) is 0 Å². The highest BCUT2D eigenvalue weighted by atomic mass is 32.2. The van der Waals surface area contributed by atoms with Crippen LogP contribution in [0.15, 0.2) is 12.4 Å². The van der Waals surface area contributed by atoms with Gasteiger partial charge in [-0.15, -0.1) is 0 Å². The number of hydrogen-bond donors (Lipinski definition) is 1. The maximum absolute atomic E-state index is 4.21. The predicted octanol–water partition coefficient (Wildman–Crippen LogP) is 1.68. The van der Waals surface area contributed by atoms with Gasteiger partial charge in [0, 0.05) is 31.5 Å². The van der Waals surface area contributed by atoms with Crippen molar-refractivity contribution in [3.05, 3.63) is 18.2 Å². The van der Waals surface area contributed by atoms with E-state index in [4.69, 9.17) is 0 Å². The Hall–Kier alpha value is -0.480. The normalized spacial score (nSPS) is 18.2. The summed E-state index contributed by atoms with van der Waals surface area (Å²) in [6.45, 7) is 4.15. The molecule has 1 aromatic rings. The lowest BCUT2D eigenvalue weighted by atomic mass is 10.1. The smallest absolute Gasteiger partial charge is 0.105 e. The van der Waals surface area contributed by atoms with E-state index in [1.54, 1.807) is 0 Å². The molecule has 1 aliphatic heterocycles. The van der Waals surface area contributed by atoms with Crippen LogP contribution in [0.2, 0.25) is 0 Å². The van der Waals surface area contributed by atoms with Gasteiger partial charge in [-0.2, -0.15) is 11.8 Å². The Morgan fingerprint density at radius 1 is 1.53 bits per heavy atom.